The Hall–Kier alpha value is -0.810. The van der Waals surface area contributed by atoms with Crippen molar-refractivity contribution in [3.8, 4) is 0 Å². The summed E-state index contributed by atoms with van der Waals surface area (Å²) in [5.74, 6) is 0. The molecule has 19 heavy (non-hydrogen) atoms. The summed E-state index contributed by atoms with van der Waals surface area (Å²) < 4.78 is 5.63. The molecule has 0 aliphatic rings. The molecule has 0 aromatic heterocycles. The van der Waals surface area contributed by atoms with Gasteiger partial charge < -0.3 is 20.3 Å². The van der Waals surface area contributed by atoms with Crippen LogP contribution in [0.1, 0.15) is 60.8 Å². The first-order valence-electron chi connectivity index (χ1n) is 7.32. The number of carbonyl (C=O) groups is 1. The van der Waals surface area contributed by atoms with Gasteiger partial charge in [0.15, 0.2) is 0 Å². The number of nitrogens with one attached hydrogen (secondary N) is 1. The van der Waals surface area contributed by atoms with Crippen molar-refractivity contribution in [2.24, 2.45) is 0 Å². The van der Waals surface area contributed by atoms with Crippen LogP contribution in [0.3, 0.4) is 0 Å². The third-order valence-corrected chi connectivity index (χ3v) is 2.64. The van der Waals surface area contributed by atoms with E-state index in [0.717, 1.165) is 12.8 Å². The summed E-state index contributed by atoms with van der Waals surface area (Å²) in [6.45, 7) is 12.7. The summed E-state index contributed by atoms with van der Waals surface area (Å²) in [7, 11) is 0. The molecule has 5 heteroatoms. The van der Waals surface area contributed by atoms with Gasteiger partial charge in [0.05, 0.1) is 12.2 Å². The maximum Gasteiger partial charge on any atom is 0.404 e. The standard InChI is InChI=1S/C10H21NO4.2C2H6/c1-3-10(4-2,5-7-12)15-8-6-11-9(13)14;2*1-2/h11-12H,3-8H2,1-2H3,(H,13,14);2*1-2H3. The van der Waals surface area contributed by atoms with Crippen molar-refractivity contribution < 1.29 is 19.7 Å². The fourth-order valence-electron chi connectivity index (χ4n) is 1.51. The van der Waals surface area contributed by atoms with Crippen LogP contribution < -0.4 is 5.32 Å². The van der Waals surface area contributed by atoms with Gasteiger partial charge in [-0.15, -0.1) is 0 Å². The van der Waals surface area contributed by atoms with E-state index >= 15 is 0 Å². The molecule has 0 rings (SSSR count). The van der Waals surface area contributed by atoms with Crippen LogP contribution in [-0.2, 0) is 4.74 Å². The van der Waals surface area contributed by atoms with Gasteiger partial charge in [-0.1, -0.05) is 41.5 Å². The van der Waals surface area contributed by atoms with Crippen LogP contribution >= 0.6 is 0 Å². The van der Waals surface area contributed by atoms with Crippen molar-refractivity contribution >= 4 is 6.09 Å². The van der Waals surface area contributed by atoms with Crippen molar-refractivity contribution in [3.63, 3.8) is 0 Å². The molecule has 118 valence electrons. The van der Waals surface area contributed by atoms with Gasteiger partial charge in [0.25, 0.3) is 0 Å². The van der Waals surface area contributed by atoms with E-state index in [9.17, 15) is 4.79 Å². The molecule has 0 aliphatic heterocycles. The number of aliphatic hydroxyl groups is 1. The second-order valence-corrected chi connectivity index (χ2v) is 3.44. The summed E-state index contributed by atoms with van der Waals surface area (Å²) in [5, 5.41) is 19.5. The van der Waals surface area contributed by atoms with Crippen molar-refractivity contribution in [1.29, 1.82) is 0 Å². The monoisotopic (exact) mass is 279 g/mol. The lowest BCUT2D eigenvalue weighted by atomic mass is 9.93. The van der Waals surface area contributed by atoms with E-state index in [1.165, 1.54) is 0 Å². The molecule has 0 saturated heterocycles. The van der Waals surface area contributed by atoms with Gasteiger partial charge in [-0.3, -0.25) is 0 Å². The summed E-state index contributed by atoms with van der Waals surface area (Å²) in [5.41, 5.74) is -0.311. The average molecular weight is 279 g/mol. The number of amides is 1. The molecule has 0 aliphatic carbocycles. The van der Waals surface area contributed by atoms with Gasteiger partial charge in [-0.2, -0.15) is 0 Å². The lowest BCUT2D eigenvalue weighted by molar-refractivity contribution is -0.0633. The third-order valence-electron chi connectivity index (χ3n) is 2.64. The first-order chi connectivity index (χ1) is 9.10. The van der Waals surface area contributed by atoms with E-state index in [4.69, 9.17) is 14.9 Å². The molecule has 0 atom stereocenters. The molecule has 0 bridgehead atoms. The minimum atomic E-state index is -1.04. The lowest BCUT2D eigenvalue weighted by Gasteiger charge is -2.31. The minimum absolute atomic E-state index is 0.0913. The number of rotatable bonds is 8. The smallest absolute Gasteiger partial charge is 0.404 e. The number of hydrogen-bond acceptors (Lipinski definition) is 3. The zero-order chi connectivity index (χ0) is 15.7. The topological polar surface area (TPSA) is 78.8 Å². The highest BCUT2D eigenvalue weighted by molar-refractivity contribution is 5.64. The third kappa shape index (κ3) is 13.4. The highest BCUT2D eigenvalue weighted by atomic mass is 16.5. The molecule has 0 spiro atoms. The van der Waals surface area contributed by atoms with Gasteiger partial charge in [-0.05, 0) is 19.3 Å². The molecule has 0 aromatic carbocycles. The number of ether oxygens (including phenoxy) is 1. The van der Waals surface area contributed by atoms with Crippen LogP contribution in [-0.4, -0.2) is 41.7 Å². The average Bonchev–Trinajstić information content (AvgIpc) is 2.46. The second kappa shape index (κ2) is 17.2. The van der Waals surface area contributed by atoms with Crippen molar-refractivity contribution in [2.45, 2.75) is 66.4 Å². The zero-order valence-electron chi connectivity index (χ0n) is 13.5. The van der Waals surface area contributed by atoms with Gasteiger partial charge in [0, 0.05) is 13.2 Å². The van der Waals surface area contributed by atoms with Gasteiger partial charge in [0.1, 0.15) is 0 Å². The normalized spacial score (nSPS) is 9.63. The van der Waals surface area contributed by atoms with E-state index in [0.29, 0.717) is 13.0 Å². The van der Waals surface area contributed by atoms with Gasteiger partial charge >= 0.3 is 6.09 Å². The molecule has 3 N–H and O–H groups in total. The van der Waals surface area contributed by atoms with Crippen LogP contribution in [0.25, 0.3) is 0 Å². The van der Waals surface area contributed by atoms with Gasteiger partial charge in [-0.25, -0.2) is 4.79 Å². The van der Waals surface area contributed by atoms with Gasteiger partial charge in [0.2, 0.25) is 0 Å². The molecular formula is C14H33NO4. The molecular weight excluding hydrogens is 246 g/mol. The minimum Gasteiger partial charge on any atom is -0.465 e. The van der Waals surface area contributed by atoms with Crippen molar-refractivity contribution in [2.75, 3.05) is 19.8 Å². The maximum absolute atomic E-state index is 10.2. The summed E-state index contributed by atoms with van der Waals surface area (Å²) in [6, 6.07) is 0. The Morgan fingerprint density at radius 3 is 1.95 bits per heavy atom. The predicted molar refractivity (Wildman–Crippen MR) is 79.7 cm³/mol. The van der Waals surface area contributed by atoms with Crippen molar-refractivity contribution in [3.05, 3.63) is 0 Å². The molecule has 0 aromatic rings. The lowest BCUT2D eigenvalue weighted by Crippen LogP contribution is -2.36. The van der Waals surface area contributed by atoms with Crippen LogP contribution in [0.2, 0.25) is 0 Å². The Labute approximate surface area is 118 Å². The van der Waals surface area contributed by atoms with Crippen LogP contribution in [0.5, 0.6) is 0 Å². The van der Waals surface area contributed by atoms with Crippen LogP contribution in [0.15, 0.2) is 0 Å². The number of carboxylic acid groups (broad SMARTS) is 1. The maximum atomic E-state index is 10.2. The quantitative estimate of drug-likeness (QED) is 0.596. The van der Waals surface area contributed by atoms with E-state index in [-0.39, 0.29) is 18.8 Å². The highest BCUT2D eigenvalue weighted by Gasteiger charge is 2.25. The van der Waals surface area contributed by atoms with Crippen LogP contribution in [0.4, 0.5) is 4.79 Å². The first kappa shape index (κ1) is 23.3. The zero-order valence-corrected chi connectivity index (χ0v) is 13.5. The molecule has 0 unspecified atom stereocenters. The largest absolute Gasteiger partial charge is 0.465 e. The summed E-state index contributed by atoms with van der Waals surface area (Å²) >= 11 is 0. The van der Waals surface area contributed by atoms with E-state index < -0.39 is 6.09 Å². The number of hydrogen-bond donors (Lipinski definition) is 3. The summed E-state index contributed by atoms with van der Waals surface area (Å²) in [4.78, 5) is 10.2. The van der Waals surface area contributed by atoms with Crippen molar-refractivity contribution in [1.82, 2.24) is 5.32 Å². The fourth-order valence-corrected chi connectivity index (χ4v) is 1.51. The Morgan fingerprint density at radius 1 is 1.16 bits per heavy atom. The molecule has 0 radical (unpaired) electrons. The first-order valence-corrected chi connectivity index (χ1v) is 7.32. The Kier molecular flexibility index (Phi) is 21.1. The van der Waals surface area contributed by atoms with Crippen LogP contribution in [0, 0.1) is 0 Å². The molecule has 5 nitrogen and oxygen atoms in total. The van der Waals surface area contributed by atoms with E-state index in [1.54, 1.807) is 0 Å². The molecule has 0 fully saturated rings. The SMILES string of the molecule is CC.CC.CCC(CC)(CCO)OCCNC(=O)O. The second-order valence-electron chi connectivity index (χ2n) is 3.44. The number of aliphatic hydroxyl groups excluding tert-OH is 1. The Balaban J connectivity index is -0.000000579. The molecule has 0 saturated carbocycles. The molecule has 0 heterocycles. The molecule has 1 amide bonds. The Morgan fingerprint density at radius 2 is 1.63 bits per heavy atom. The fraction of sp³-hybridized carbons (Fsp3) is 0.929. The predicted octanol–water partition coefficient (Wildman–Crippen LogP) is 3.26. The highest BCUT2D eigenvalue weighted by Crippen LogP contribution is 2.23. The van der Waals surface area contributed by atoms with E-state index in [2.05, 4.69) is 5.32 Å². The Bertz CT molecular complexity index is 182. The van der Waals surface area contributed by atoms with E-state index in [1.807, 2.05) is 41.5 Å². The summed E-state index contributed by atoms with van der Waals surface area (Å²) in [6.07, 6.45) is 1.18.